The minimum absolute atomic E-state index is 0.0623. The maximum absolute atomic E-state index is 13.9. The number of amides is 1. The van der Waals surface area contributed by atoms with E-state index in [-0.39, 0.29) is 10.7 Å². The van der Waals surface area contributed by atoms with Gasteiger partial charge in [0.15, 0.2) is 5.11 Å². The average molecular weight is 508 g/mol. The monoisotopic (exact) mass is 507 g/mol. The number of methoxy groups -OCH3 is 2. The number of carbonyl (C=O) groups is 1. The lowest BCUT2D eigenvalue weighted by molar-refractivity contribution is 0.102. The van der Waals surface area contributed by atoms with Crippen molar-refractivity contribution in [1.29, 1.82) is 0 Å². The van der Waals surface area contributed by atoms with Gasteiger partial charge in [-0.05, 0) is 55.0 Å². The van der Waals surface area contributed by atoms with Gasteiger partial charge in [-0.25, -0.2) is 4.39 Å². The molecule has 0 aliphatic carbocycles. The van der Waals surface area contributed by atoms with Gasteiger partial charge in [0.25, 0.3) is 5.91 Å². The van der Waals surface area contributed by atoms with Crippen LogP contribution in [-0.4, -0.2) is 25.2 Å². The number of rotatable bonds is 6. The standard InChI is InChI=1S/C23H20Cl2FN3O3S/c1-12-8-18(14(24)9-17(12)27-22(30)13-6-4-5-7-16(13)26)28-23(33)29-19-10-15(25)20(31-2)11-21(19)32-3/h4-11H,1-3H3,(H,27,30)(H2,28,29,33). The third-order valence-corrected chi connectivity index (χ3v) is 5.46. The van der Waals surface area contributed by atoms with Crippen LogP contribution in [0.4, 0.5) is 21.5 Å². The maximum atomic E-state index is 13.9. The van der Waals surface area contributed by atoms with Crippen molar-refractivity contribution in [1.82, 2.24) is 0 Å². The highest BCUT2D eigenvalue weighted by atomic mass is 35.5. The second-order valence-corrected chi connectivity index (χ2v) is 8.07. The van der Waals surface area contributed by atoms with Crippen molar-refractivity contribution in [2.45, 2.75) is 6.92 Å². The Morgan fingerprint density at radius 2 is 1.52 bits per heavy atom. The molecule has 33 heavy (non-hydrogen) atoms. The first-order valence-electron chi connectivity index (χ1n) is 9.59. The van der Waals surface area contributed by atoms with Crippen molar-refractivity contribution in [2.24, 2.45) is 0 Å². The molecule has 172 valence electrons. The van der Waals surface area contributed by atoms with E-state index in [4.69, 9.17) is 44.9 Å². The van der Waals surface area contributed by atoms with Crippen LogP contribution in [0.1, 0.15) is 15.9 Å². The first-order chi connectivity index (χ1) is 15.7. The number of aryl methyl sites for hydroxylation is 1. The summed E-state index contributed by atoms with van der Waals surface area (Å²) in [7, 11) is 3.02. The molecule has 0 aliphatic heterocycles. The molecule has 0 saturated carbocycles. The first kappa shape index (κ1) is 24.6. The van der Waals surface area contributed by atoms with Crippen molar-refractivity contribution >= 4 is 63.5 Å². The van der Waals surface area contributed by atoms with Crippen LogP contribution in [0.15, 0.2) is 48.5 Å². The Bertz CT molecular complexity index is 1220. The van der Waals surface area contributed by atoms with Gasteiger partial charge in [-0.2, -0.15) is 0 Å². The van der Waals surface area contributed by atoms with Crippen LogP contribution in [0, 0.1) is 12.7 Å². The number of thiocarbonyl (C=S) groups is 1. The highest BCUT2D eigenvalue weighted by molar-refractivity contribution is 7.80. The van der Waals surface area contributed by atoms with Gasteiger partial charge in [0, 0.05) is 11.8 Å². The van der Waals surface area contributed by atoms with Crippen LogP contribution in [0.25, 0.3) is 0 Å². The Hall–Kier alpha value is -3.07. The van der Waals surface area contributed by atoms with Gasteiger partial charge in [0.1, 0.15) is 17.3 Å². The number of hydrogen-bond acceptors (Lipinski definition) is 4. The number of benzene rings is 3. The van der Waals surface area contributed by atoms with E-state index in [9.17, 15) is 9.18 Å². The molecule has 0 radical (unpaired) electrons. The number of carbonyl (C=O) groups excluding carboxylic acids is 1. The zero-order chi connectivity index (χ0) is 24.1. The fourth-order valence-corrected chi connectivity index (χ4v) is 3.65. The highest BCUT2D eigenvalue weighted by Crippen LogP contribution is 2.36. The van der Waals surface area contributed by atoms with Gasteiger partial charge in [0.2, 0.25) is 0 Å². The van der Waals surface area contributed by atoms with E-state index in [1.54, 1.807) is 37.3 Å². The Morgan fingerprint density at radius 3 is 2.18 bits per heavy atom. The van der Waals surface area contributed by atoms with Gasteiger partial charge >= 0.3 is 0 Å². The fraction of sp³-hybridized carbons (Fsp3) is 0.130. The van der Waals surface area contributed by atoms with Crippen LogP contribution in [-0.2, 0) is 0 Å². The van der Waals surface area contributed by atoms with E-state index >= 15 is 0 Å². The zero-order valence-electron chi connectivity index (χ0n) is 17.9. The molecule has 0 unspecified atom stereocenters. The number of nitrogens with one attached hydrogen (secondary N) is 3. The summed E-state index contributed by atoms with van der Waals surface area (Å²) >= 11 is 18.0. The van der Waals surface area contributed by atoms with E-state index in [0.29, 0.717) is 44.2 Å². The largest absolute Gasteiger partial charge is 0.495 e. The number of hydrogen-bond donors (Lipinski definition) is 3. The Kier molecular flexibility index (Phi) is 7.97. The Balaban J connectivity index is 1.75. The third kappa shape index (κ3) is 5.84. The summed E-state index contributed by atoms with van der Waals surface area (Å²) in [6.45, 7) is 1.78. The van der Waals surface area contributed by atoms with Gasteiger partial charge < -0.3 is 25.4 Å². The lowest BCUT2D eigenvalue weighted by Gasteiger charge is -2.17. The quantitative estimate of drug-likeness (QED) is 0.330. The molecule has 0 spiro atoms. The molecule has 1 amide bonds. The molecule has 3 aromatic carbocycles. The SMILES string of the molecule is COc1cc(OC)c(NC(=S)Nc2cc(C)c(NC(=O)c3ccccc3F)cc2Cl)cc1Cl. The lowest BCUT2D eigenvalue weighted by atomic mass is 10.1. The van der Waals surface area contributed by atoms with E-state index in [1.165, 1.54) is 32.4 Å². The third-order valence-electron chi connectivity index (χ3n) is 4.65. The first-order valence-corrected chi connectivity index (χ1v) is 10.8. The topological polar surface area (TPSA) is 71.6 Å². The van der Waals surface area contributed by atoms with Crippen molar-refractivity contribution < 1.29 is 18.7 Å². The number of ether oxygens (including phenoxy) is 2. The summed E-state index contributed by atoms with van der Waals surface area (Å²) in [5.74, 6) is -0.241. The molecule has 0 fully saturated rings. The van der Waals surface area contributed by atoms with Crippen molar-refractivity contribution in [3.05, 3.63) is 75.5 Å². The predicted octanol–water partition coefficient (Wildman–Crippen LogP) is 6.52. The molecule has 0 aromatic heterocycles. The molecule has 3 rings (SSSR count). The molecule has 0 aliphatic rings. The zero-order valence-corrected chi connectivity index (χ0v) is 20.2. The highest BCUT2D eigenvalue weighted by Gasteiger charge is 2.15. The van der Waals surface area contributed by atoms with E-state index in [2.05, 4.69) is 16.0 Å². The van der Waals surface area contributed by atoms with Crippen LogP contribution in [0.5, 0.6) is 11.5 Å². The average Bonchev–Trinajstić information content (AvgIpc) is 2.77. The van der Waals surface area contributed by atoms with E-state index < -0.39 is 11.7 Å². The number of anilines is 3. The second-order valence-electron chi connectivity index (χ2n) is 6.85. The molecule has 0 saturated heterocycles. The molecule has 0 atom stereocenters. The van der Waals surface area contributed by atoms with Gasteiger partial charge in [-0.1, -0.05) is 35.3 Å². The van der Waals surface area contributed by atoms with E-state index in [1.807, 2.05) is 0 Å². The molecule has 0 heterocycles. The van der Waals surface area contributed by atoms with Crippen molar-refractivity contribution in [3.63, 3.8) is 0 Å². The second kappa shape index (κ2) is 10.7. The smallest absolute Gasteiger partial charge is 0.258 e. The molecule has 10 heteroatoms. The summed E-state index contributed by atoms with van der Waals surface area (Å²) in [6, 6.07) is 12.3. The molecular formula is C23H20Cl2FN3O3S. The summed E-state index contributed by atoms with van der Waals surface area (Å²) in [5, 5.41) is 9.61. The van der Waals surface area contributed by atoms with Crippen LogP contribution < -0.4 is 25.4 Å². The number of halogens is 3. The van der Waals surface area contributed by atoms with E-state index in [0.717, 1.165) is 0 Å². The van der Waals surface area contributed by atoms with Crippen LogP contribution in [0.2, 0.25) is 10.0 Å². The lowest BCUT2D eigenvalue weighted by Crippen LogP contribution is -2.20. The van der Waals surface area contributed by atoms with Gasteiger partial charge in [-0.15, -0.1) is 0 Å². The maximum Gasteiger partial charge on any atom is 0.258 e. The summed E-state index contributed by atoms with van der Waals surface area (Å²) in [5.41, 5.74) is 2.12. The summed E-state index contributed by atoms with van der Waals surface area (Å²) < 4.78 is 24.4. The predicted molar refractivity (Wildman–Crippen MR) is 135 cm³/mol. The molecule has 6 nitrogen and oxygen atoms in total. The fourth-order valence-electron chi connectivity index (χ4n) is 2.98. The van der Waals surface area contributed by atoms with Crippen LogP contribution in [0.3, 0.4) is 0 Å². The molecule has 3 aromatic rings. The van der Waals surface area contributed by atoms with Crippen LogP contribution >= 0.6 is 35.4 Å². The van der Waals surface area contributed by atoms with Gasteiger partial charge in [-0.3, -0.25) is 4.79 Å². The minimum Gasteiger partial charge on any atom is -0.495 e. The molecular weight excluding hydrogens is 488 g/mol. The van der Waals surface area contributed by atoms with Crippen molar-refractivity contribution in [2.75, 3.05) is 30.2 Å². The summed E-state index contributed by atoms with van der Waals surface area (Å²) in [4.78, 5) is 12.4. The normalized spacial score (nSPS) is 10.4. The van der Waals surface area contributed by atoms with Gasteiger partial charge in [0.05, 0.1) is 41.2 Å². The Morgan fingerprint density at radius 1 is 0.879 bits per heavy atom. The minimum atomic E-state index is -0.609. The molecule has 3 N–H and O–H groups in total. The Labute approximate surface area is 206 Å². The summed E-state index contributed by atoms with van der Waals surface area (Å²) in [6.07, 6.45) is 0. The van der Waals surface area contributed by atoms with Crippen molar-refractivity contribution in [3.8, 4) is 11.5 Å². The molecule has 0 bridgehead atoms.